The third-order valence-electron chi connectivity index (χ3n) is 6.78. The lowest BCUT2D eigenvalue weighted by atomic mass is 9.68. The van der Waals surface area contributed by atoms with Gasteiger partial charge in [-0.2, -0.15) is 0 Å². The molecule has 1 N–H and O–H groups in total. The summed E-state index contributed by atoms with van der Waals surface area (Å²) < 4.78 is 2.18. The van der Waals surface area contributed by atoms with Crippen LogP contribution in [0.15, 0.2) is 36.4 Å². The number of para-hydroxylation sites is 2. The van der Waals surface area contributed by atoms with Crippen LogP contribution < -0.4 is 5.32 Å². The first-order valence-electron chi connectivity index (χ1n) is 9.32. The fourth-order valence-corrected chi connectivity index (χ4v) is 5.08. The molecule has 2 fully saturated rings. The topological polar surface area (TPSA) is 46.9 Å². The van der Waals surface area contributed by atoms with Gasteiger partial charge in [-0.3, -0.25) is 4.79 Å². The smallest absolute Gasteiger partial charge is 0.230 e. The van der Waals surface area contributed by atoms with Crippen LogP contribution in [0.5, 0.6) is 0 Å². The van der Waals surface area contributed by atoms with E-state index in [2.05, 4.69) is 43.3 Å². The third-order valence-corrected chi connectivity index (χ3v) is 6.78. The molecule has 1 aromatic carbocycles. The zero-order valence-electron chi connectivity index (χ0n) is 15.4. The molecule has 2 bridgehead atoms. The molecule has 132 valence electrons. The van der Waals surface area contributed by atoms with Gasteiger partial charge in [0, 0.05) is 6.54 Å². The molecular weight excluding hydrogens is 310 g/mol. The predicted molar refractivity (Wildman–Crippen MR) is 99.9 cm³/mol. The molecule has 25 heavy (non-hydrogen) atoms. The van der Waals surface area contributed by atoms with E-state index in [4.69, 9.17) is 4.98 Å². The Hall–Kier alpha value is -2.10. The van der Waals surface area contributed by atoms with E-state index in [1.165, 1.54) is 0 Å². The number of benzene rings is 1. The molecule has 2 aliphatic rings. The summed E-state index contributed by atoms with van der Waals surface area (Å²) in [6.45, 7) is 12.2. The molecule has 2 aromatic rings. The van der Waals surface area contributed by atoms with Gasteiger partial charge in [0.1, 0.15) is 5.82 Å². The van der Waals surface area contributed by atoms with Crippen LogP contribution in [-0.2, 0) is 17.9 Å². The molecule has 4 heteroatoms. The maximum Gasteiger partial charge on any atom is 0.230 e. The van der Waals surface area contributed by atoms with Gasteiger partial charge < -0.3 is 9.88 Å². The highest BCUT2D eigenvalue weighted by atomic mass is 16.2. The summed E-state index contributed by atoms with van der Waals surface area (Å²) >= 11 is 0. The van der Waals surface area contributed by atoms with E-state index in [1.54, 1.807) is 0 Å². The van der Waals surface area contributed by atoms with Gasteiger partial charge >= 0.3 is 0 Å². The largest absolute Gasteiger partial charge is 0.348 e. The fraction of sp³-hybridized carbons (Fsp3) is 0.524. The van der Waals surface area contributed by atoms with Crippen LogP contribution in [0, 0.1) is 16.7 Å². The SMILES string of the molecule is C=C1C(C)(C)[C@H]2CC[C@@]1(C(=O)NCc1nc3ccccc3n1CC)C2. The summed E-state index contributed by atoms with van der Waals surface area (Å²) in [6.07, 6.45) is 3.03. The van der Waals surface area contributed by atoms with E-state index in [0.29, 0.717) is 12.5 Å². The molecule has 4 rings (SSSR count). The molecule has 1 amide bonds. The average Bonchev–Trinajstić information content (AvgIpc) is 3.25. The summed E-state index contributed by atoms with van der Waals surface area (Å²) in [5.74, 6) is 1.65. The van der Waals surface area contributed by atoms with Gasteiger partial charge in [0.25, 0.3) is 0 Å². The molecule has 1 aromatic heterocycles. The number of amides is 1. The molecule has 4 nitrogen and oxygen atoms in total. The van der Waals surface area contributed by atoms with Gasteiger partial charge in [-0.25, -0.2) is 4.98 Å². The first-order chi connectivity index (χ1) is 11.9. The number of hydrogen-bond donors (Lipinski definition) is 1. The summed E-state index contributed by atoms with van der Waals surface area (Å²) in [6, 6.07) is 8.13. The van der Waals surface area contributed by atoms with E-state index in [9.17, 15) is 4.79 Å². The zero-order valence-corrected chi connectivity index (χ0v) is 15.4. The number of carbonyl (C=O) groups excluding carboxylic acids is 1. The maximum absolute atomic E-state index is 13.1. The van der Waals surface area contributed by atoms with Crippen LogP contribution >= 0.6 is 0 Å². The average molecular weight is 337 g/mol. The van der Waals surface area contributed by atoms with E-state index >= 15 is 0 Å². The molecule has 0 saturated heterocycles. The second kappa shape index (κ2) is 5.45. The van der Waals surface area contributed by atoms with Gasteiger partial charge in [0.15, 0.2) is 0 Å². The number of aromatic nitrogens is 2. The highest BCUT2D eigenvalue weighted by molar-refractivity contribution is 5.87. The summed E-state index contributed by atoms with van der Waals surface area (Å²) in [7, 11) is 0. The highest BCUT2D eigenvalue weighted by Gasteiger charge is 2.60. The van der Waals surface area contributed by atoms with Crippen molar-refractivity contribution in [2.45, 2.75) is 53.1 Å². The van der Waals surface area contributed by atoms with Gasteiger partial charge in [-0.15, -0.1) is 0 Å². The van der Waals surface area contributed by atoms with Crippen molar-refractivity contribution in [2.24, 2.45) is 16.7 Å². The van der Waals surface area contributed by atoms with Crippen molar-refractivity contribution < 1.29 is 4.79 Å². The van der Waals surface area contributed by atoms with Gasteiger partial charge in [-0.1, -0.05) is 38.1 Å². The summed E-state index contributed by atoms with van der Waals surface area (Å²) in [4.78, 5) is 17.8. The molecule has 0 spiro atoms. The Kier molecular flexibility index (Phi) is 3.57. The van der Waals surface area contributed by atoms with E-state index in [0.717, 1.165) is 48.2 Å². The number of fused-ring (bicyclic) bond motifs is 3. The van der Waals surface area contributed by atoms with Crippen molar-refractivity contribution in [3.8, 4) is 0 Å². The van der Waals surface area contributed by atoms with Crippen molar-refractivity contribution in [2.75, 3.05) is 0 Å². The molecule has 0 radical (unpaired) electrons. The highest BCUT2D eigenvalue weighted by Crippen LogP contribution is 2.65. The number of aryl methyl sites for hydroxylation is 1. The third kappa shape index (κ3) is 2.19. The number of nitrogens with zero attached hydrogens (tertiary/aromatic N) is 2. The lowest BCUT2D eigenvalue weighted by Gasteiger charge is -2.37. The Morgan fingerprint density at radius 3 is 2.84 bits per heavy atom. The van der Waals surface area contributed by atoms with E-state index in [-0.39, 0.29) is 16.7 Å². The maximum atomic E-state index is 13.1. The van der Waals surface area contributed by atoms with E-state index in [1.807, 2.05) is 18.2 Å². The first-order valence-corrected chi connectivity index (χ1v) is 9.32. The Morgan fingerprint density at radius 1 is 1.40 bits per heavy atom. The quantitative estimate of drug-likeness (QED) is 0.856. The van der Waals surface area contributed by atoms with Crippen LogP contribution in [0.2, 0.25) is 0 Å². The standard InChI is InChI=1S/C21H27N3O/c1-5-24-17-9-7-6-8-16(17)23-18(24)13-22-19(25)21-11-10-15(12-21)20(3,4)14(21)2/h6-9,15H,2,5,10-13H2,1,3-4H3,(H,22,25)/t15-,21+/m0/s1. The monoisotopic (exact) mass is 337 g/mol. The minimum Gasteiger partial charge on any atom is -0.348 e. The number of carbonyl (C=O) groups is 1. The van der Waals surface area contributed by atoms with Gasteiger partial charge in [-0.05, 0) is 49.7 Å². The lowest BCUT2D eigenvalue weighted by Crippen LogP contribution is -2.41. The number of hydrogen-bond acceptors (Lipinski definition) is 2. The molecule has 2 atom stereocenters. The molecule has 2 saturated carbocycles. The van der Waals surface area contributed by atoms with Crippen LogP contribution in [0.25, 0.3) is 11.0 Å². The molecule has 2 aliphatic carbocycles. The van der Waals surface area contributed by atoms with E-state index < -0.39 is 0 Å². The Bertz CT molecular complexity index is 863. The Labute approximate surface area is 149 Å². The number of rotatable bonds is 4. The molecule has 0 unspecified atom stereocenters. The van der Waals surface area contributed by atoms with Crippen molar-refractivity contribution in [3.05, 3.63) is 42.2 Å². The van der Waals surface area contributed by atoms with Crippen molar-refractivity contribution in [1.82, 2.24) is 14.9 Å². The van der Waals surface area contributed by atoms with Crippen molar-refractivity contribution in [3.63, 3.8) is 0 Å². The van der Waals surface area contributed by atoms with Gasteiger partial charge in [0.2, 0.25) is 5.91 Å². The van der Waals surface area contributed by atoms with Gasteiger partial charge in [0.05, 0.1) is 23.0 Å². The number of nitrogens with one attached hydrogen (secondary N) is 1. The summed E-state index contributed by atoms with van der Waals surface area (Å²) in [5.41, 5.74) is 2.94. The first kappa shape index (κ1) is 16.4. The van der Waals surface area contributed by atoms with Crippen LogP contribution in [0.1, 0.15) is 45.9 Å². The lowest BCUT2D eigenvalue weighted by molar-refractivity contribution is -0.129. The minimum atomic E-state index is -0.364. The summed E-state index contributed by atoms with van der Waals surface area (Å²) in [5, 5.41) is 3.18. The molecule has 1 heterocycles. The van der Waals surface area contributed by atoms with Crippen molar-refractivity contribution >= 4 is 16.9 Å². The number of imidazole rings is 1. The minimum absolute atomic E-state index is 0.0756. The van der Waals surface area contributed by atoms with Crippen molar-refractivity contribution in [1.29, 1.82) is 0 Å². The van der Waals surface area contributed by atoms with Crippen LogP contribution in [0.4, 0.5) is 0 Å². The Balaban J connectivity index is 1.56. The molecule has 0 aliphatic heterocycles. The van der Waals surface area contributed by atoms with Crippen LogP contribution in [0.3, 0.4) is 0 Å². The zero-order chi connectivity index (χ0) is 17.8. The predicted octanol–water partition coefficient (Wildman–Crippen LogP) is 4.05. The molecular formula is C21H27N3O. The van der Waals surface area contributed by atoms with Crippen LogP contribution in [-0.4, -0.2) is 15.5 Å². The second-order valence-corrected chi connectivity index (χ2v) is 8.17. The normalized spacial score (nSPS) is 27.2. The Morgan fingerprint density at radius 2 is 2.16 bits per heavy atom. The fourth-order valence-electron chi connectivity index (χ4n) is 5.08. The second-order valence-electron chi connectivity index (χ2n) is 8.17.